The summed E-state index contributed by atoms with van der Waals surface area (Å²) in [5.74, 6) is 0.418. The Labute approximate surface area is 144 Å². The van der Waals surface area contributed by atoms with Gasteiger partial charge < -0.3 is 14.1 Å². The van der Waals surface area contributed by atoms with E-state index in [0.717, 1.165) is 17.7 Å². The van der Waals surface area contributed by atoms with Crippen molar-refractivity contribution in [3.63, 3.8) is 0 Å². The van der Waals surface area contributed by atoms with Crippen molar-refractivity contribution in [2.75, 3.05) is 18.1 Å². The van der Waals surface area contributed by atoms with E-state index in [0.29, 0.717) is 35.4 Å². The fourth-order valence-electron chi connectivity index (χ4n) is 3.27. The van der Waals surface area contributed by atoms with Gasteiger partial charge in [0, 0.05) is 29.8 Å². The number of carbonyl (C=O) groups excluding carboxylic acids is 1. The van der Waals surface area contributed by atoms with E-state index in [1.54, 1.807) is 23.1 Å². The molecule has 0 saturated carbocycles. The van der Waals surface area contributed by atoms with E-state index in [4.69, 9.17) is 9.15 Å². The fourth-order valence-corrected chi connectivity index (χ4v) is 3.27. The number of anilines is 1. The van der Waals surface area contributed by atoms with Crippen molar-refractivity contribution in [2.24, 2.45) is 0 Å². The second-order valence-electron chi connectivity index (χ2n) is 5.91. The topological polar surface area (TPSA) is 59.8 Å². The van der Waals surface area contributed by atoms with E-state index in [1.165, 1.54) is 6.07 Å². The Kier molecular flexibility index (Phi) is 3.76. The lowest BCUT2D eigenvalue weighted by molar-refractivity contribution is 0.0990. The predicted molar refractivity (Wildman–Crippen MR) is 95.5 cm³/mol. The van der Waals surface area contributed by atoms with Gasteiger partial charge in [-0.15, -0.1) is 0 Å². The average Bonchev–Trinajstić information content (AvgIpc) is 3.04. The minimum Gasteiger partial charge on any atom is -0.494 e. The van der Waals surface area contributed by atoms with E-state index in [-0.39, 0.29) is 5.91 Å². The monoisotopic (exact) mass is 335 g/mol. The molecule has 2 aromatic carbocycles. The molecule has 0 radical (unpaired) electrons. The van der Waals surface area contributed by atoms with Crippen LogP contribution in [0, 0.1) is 0 Å². The molecule has 0 saturated heterocycles. The first kappa shape index (κ1) is 15.4. The summed E-state index contributed by atoms with van der Waals surface area (Å²) in [6.07, 6.45) is 0.815. The molecule has 1 aliphatic heterocycles. The molecule has 0 N–H and O–H groups in total. The van der Waals surface area contributed by atoms with Gasteiger partial charge in [0.1, 0.15) is 11.3 Å². The summed E-state index contributed by atoms with van der Waals surface area (Å²) in [4.78, 5) is 26.8. The SMILES string of the molecule is CCOc1ccc2c(C(=O)N3CCc4ccccc43)cc(=O)oc2c1. The van der Waals surface area contributed by atoms with Gasteiger partial charge in [-0.2, -0.15) is 0 Å². The highest BCUT2D eigenvalue weighted by Gasteiger charge is 2.27. The smallest absolute Gasteiger partial charge is 0.337 e. The van der Waals surface area contributed by atoms with Gasteiger partial charge in [0.25, 0.3) is 5.91 Å². The van der Waals surface area contributed by atoms with E-state index < -0.39 is 5.63 Å². The van der Waals surface area contributed by atoms with Gasteiger partial charge in [-0.1, -0.05) is 18.2 Å². The van der Waals surface area contributed by atoms with Crippen molar-refractivity contribution in [3.05, 3.63) is 70.1 Å². The number of amides is 1. The Morgan fingerprint density at radius 1 is 1.20 bits per heavy atom. The van der Waals surface area contributed by atoms with Crippen LogP contribution in [0.2, 0.25) is 0 Å². The second kappa shape index (κ2) is 6.09. The number of hydrogen-bond donors (Lipinski definition) is 0. The number of nitrogens with zero attached hydrogens (tertiary/aromatic N) is 1. The van der Waals surface area contributed by atoms with Gasteiger partial charge in [-0.05, 0) is 37.1 Å². The highest BCUT2D eigenvalue weighted by Crippen LogP contribution is 2.30. The Hall–Kier alpha value is -3.08. The predicted octanol–water partition coefficient (Wildman–Crippen LogP) is 3.39. The van der Waals surface area contributed by atoms with Gasteiger partial charge in [0.2, 0.25) is 0 Å². The molecule has 1 aromatic heterocycles. The molecule has 0 spiro atoms. The molecule has 5 heteroatoms. The molecule has 126 valence electrons. The summed E-state index contributed by atoms with van der Waals surface area (Å²) in [7, 11) is 0. The van der Waals surface area contributed by atoms with E-state index in [1.807, 2.05) is 31.2 Å². The van der Waals surface area contributed by atoms with Gasteiger partial charge in [-0.25, -0.2) is 4.79 Å². The van der Waals surface area contributed by atoms with Crippen LogP contribution in [0.15, 0.2) is 57.7 Å². The zero-order chi connectivity index (χ0) is 17.4. The van der Waals surface area contributed by atoms with Gasteiger partial charge in [-0.3, -0.25) is 4.79 Å². The van der Waals surface area contributed by atoms with Crippen LogP contribution in [0.1, 0.15) is 22.8 Å². The van der Waals surface area contributed by atoms with Gasteiger partial charge in [0.15, 0.2) is 0 Å². The normalized spacial score (nSPS) is 13.1. The maximum Gasteiger partial charge on any atom is 0.337 e. The van der Waals surface area contributed by atoms with Crippen molar-refractivity contribution in [2.45, 2.75) is 13.3 Å². The summed E-state index contributed by atoms with van der Waals surface area (Å²) >= 11 is 0. The lowest BCUT2D eigenvalue weighted by Gasteiger charge is -2.18. The molecule has 1 amide bonds. The van der Waals surface area contributed by atoms with E-state index in [9.17, 15) is 9.59 Å². The van der Waals surface area contributed by atoms with Crippen molar-refractivity contribution in [3.8, 4) is 5.75 Å². The summed E-state index contributed by atoms with van der Waals surface area (Å²) in [6.45, 7) is 3.00. The first-order chi connectivity index (χ1) is 12.2. The van der Waals surface area contributed by atoms with Crippen LogP contribution < -0.4 is 15.3 Å². The second-order valence-corrected chi connectivity index (χ2v) is 5.91. The number of para-hydroxylation sites is 1. The first-order valence-corrected chi connectivity index (χ1v) is 8.28. The molecule has 4 rings (SSSR count). The Balaban J connectivity index is 1.81. The molecule has 1 aliphatic rings. The molecule has 25 heavy (non-hydrogen) atoms. The number of hydrogen-bond acceptors (Lipinski definition) is 4. The van der Waals surface area contributed by atoms with Crippen LogP contribution >= 0.6 is 0 Å². The highest BCUT2D eigenvalue weighted by atomic mass is 16.5. The molecule has 0 atom stereocenters. The number of carbonyl (C=O) groups is 1. The molecule has 0 fully saturated rings. The number of ether oxygens (including phenoxy) is 1. The number of benzene rings is 2. The fraction of sp³-hybridized carbons (Fsp3) is 0.200. The third kappa shape index (κ3) is 2.67. The molecule has 2 heterocycles. The van der Waals surface area contributed by atoms with Crippen LogP contribution in [0.5, 0.6) is 5.75 Å². The van der Waals surface area contributed by atoms with Crippen LogP contribution in [0.25, 0.3) is 11.0 Å². The van der Waals surface area contributed by atoms with E-state index in [2.05, 4.69) is 0 Å². The lowest BCUT2D eigenvalue weighted by atomic mass is 10.1. The average molecular weight is 335 g/mol. The van der Waals surface area contributed by atoms with Crippen molar-refractivity contribution >= 4 is 22.6 Å². The summed E-state index contributed by atoms with van der Waals surface area (Å²) in [6, 6.07) is 14.3. The maximum atomic E-state index is 13.1. The third-order valence-electron chi connectivity index (χ3n) is 4.39. The first-order valence-electron chi connectivity index (χ1n) is 8.28. The van der Waals surface area contributed by atoms with Crippen molar-refractivity contribution < 1.29 is 13.9 Å². The molecule has 5 nitrogen and oxygen atoms in total. The molecule has 0 unspecified atom stereocenters. The maximum absolute atomic E-state index is 13.1. The molecule has 0 bridgehead atoms. The third-order valence-corrected chi connectivity index (χ3v) is 4.39. The molecular weight excluding hydrogens is 318 g/mol. The minimum absolute atomic E-state index is 0.188. The van der Waals surface area contributed by atoms with Crippen molar-refractivity contribution in [1.29, 1.82) is 0 Å². The number of fused-ring (bicyclic) bond motifs is 2. The van der Waals surface area contributed by atoms with Gasteiger partial charge >= 0.3 is 5.63 Å². The summed E-state index contributed by atoms with van der Waals surface area (Å²) < 4.78 is 10.7. The van der Waals surface area contributed by atoms with E-state index >= 15 is 0 Å². The summed E-state index contributed by atoms with van der Waals surface area (Å²) in [5, 5.41) is 0.609. The van der Waals surface area contributed by atoms with Gasteiger partial charge in [0.05, 0.1) is 12.2 Å². The standard InChI is InChI=1S/C20H17NO4/c1-2-24-14-7-8-15-16(12-19(22)25-18(15)11-14)20(23)21-10-9-13-5-3-4-6-17(13)21/h3-8,11-12H,2,9-10H2,1H3. The molecular formula is C20H17NO4. The van der Waals surface area contributed by atoms with Crippen molar-refractivity contribution in [1.82, 2.24) is 0 Å². The molecule has 0 aliphatic carbocycles. The zero-order valence-corrected chi connectivity index (χ0v) is 13.8. The largest absolute Gasteiger partial charge is 0.494 e. The summed E-state index contributed by atoms with van der Waals surface area (Å²) in [5.41, 5.74) is 2.21. The zero-order valence-electron chi connectivity index (χ0n) is 13.8. The highest BCUT2D eigenvalue weighted by molar-refractivity contribution is 6.14. The minimum atomic E-state index is -0.544. The Bertz CT molecular complexity index is 1020. The van der Waals surface area contributed by atoms with Crippen LogP contribution in [0.4, 0.5) is 5.69 Å². The quantitative estimate of drug-likeness (QED) is 0.688. The Morgan fingerprint density at radius 2 is 2.04 bits per heavy atom. The van der Waals surface area contributed by atoms with Crippen LogP contribution in [-0.4, -0.2) is 19.1 Å². The lowest BCUT2D eigenvalue weighted by Crippen LogP contribution is -2.29. The van der Waals surface area contributed by atoms with Crippen LogP contribution in [-0.2, 0) is 6.42 Å². The Morgan fingerprint density at radius 3 is 2.88 bits per heavy atom. The number of rotatable bonds is 3. The molecule has 3 aromatic rings. The van der Waals surface area contributed by atoms with Crippen LogP contribution in [0.3, 0.4) is 0 Å².